The van der Waals surface area contributed by atoms with E-state index in [4.69, 9.17) is 4.74 Å². The van der Waals surface area contributed by atoms with E-state index in [9.17, 15) is 13.2 Å². The second kappa shape index (κ2) is 4.46. The molecular formula is C10H11F3O. The predicted molar refractivity (Wildman–Crippen MR) is 47.0 cm³/mol. The van der Waals surface area contributed by atoms with Crippen molar-refractivity contribution in [3.05, 3.63) is 35.4 Å². The van der Waals surface area contributed by atoms with Gasteiger partial charge in [0.05, 0.1) is 12.2 Å². The summed E-state index contributed by atoms with van der Waals surface area (Å²) in [6.07, 6.45) is -3.99. The first-order valence-corrected chi connectivity index (χ1v) is 4.19. The molecule has 0 atom stereocenters. The number of methoxy groups -OCH3 is 1. The minimum atomic E-state index is -4.27. The molecule has 14 heavy (non-hydrogen) atoms. The molecule has 0 aliphatic heterocycles. The number of rotatable bonds is 3. The van der Waals surface area contributed by atoms with Crippen LogP contribution >= 0.6 is 0 Å². The zero-order chi connectivity index (χ0) is 10.6. The molecule has 0 unspecified atom stereocenters. The number of alkyl halides is 3. The third-order valence-electron chi connectivity index (χ3n) is 1.90. The van der Waals surface area contributed by atoms with E-state index in [1.54, 1.807) is 6.07 Å². The molecule has 0 spiro atoms. The van der Waals surface area contributed by atoms with Gasteiger partial charge in [0.2, 0.25) is 0 Å². The van der Waals surface area contributed by atoms with Gasteiger partial charge in [-0.15, -0.1) is 0 Å². The van der Waals surface area contributed by atoms with Gasteiger partial charge in [-0.25, -0.2) is 0 Å². The van der Waals surface area contributed by atoms with Crippen LogP contribution in [0.1, 0.15) is 11.1 Å². The summed E-state index contributed by atoms with van der Waals surface area (Å²) in [7, 11) is 1.47. The van der Waals surface area contributed by atoms with Gasteiger partial charge < -0.3 is 4.74 Å². The summed E-state index contributed by atoms with van der Waals surface area (Å²) >= 11 is 0. The first-order chi connectivity index (χ1) is 6.55. The topological polar surface area (TPSA) is 9.23 Å². The molecule has 0 aliphatic rings. The van der Waals surface area contributed by atoms with E-state index < -0.39 is 11.7 Å². The van der Waals surface area contributed by atoms with Gasteiger partial charge >= 0.3 is 6.18 Å². The zero-order valence-electron chi connectivity index (χ0n) is 7.77. The monoisotopic (exact) mass is 204 g/mol. The molecule has 4 heteroatoms. The highest BCUT2D eigenvalue weighted by atomic mass is 19.4. The van der Waals surface area contributed by atoms with Gasteiger partial charge in [-0.3, -0.25) is 0 Å². The number of hydrogen-bond donors (Lipinski definition) is 0. The lowest BCUT2D eigenvalue weighted by molar-refractivity contribution is -0.138. The predicted octanol–water partition coefficient (Wildman–Crippen LogP) is 2.89. The van der Waals surface area contributed by atoms with Crippen molar-refractivity contribution >= 4 is 0 Å². The van der Waals surface area contributed by atoms with Crippen LogP contribution in [-0.4, -0.2) is 13.7 Å². The molecule has 0 fully saturated rings. The molecule has 1 rings (SSSR count). The van der Waals surface area contributed by atoms with Gasteiger partial charge in [-0.1, -0.05) is 18.2 Å². The Kier molecular flexibility index (Phi) is 3.52. The number of halogens is 3. The molecule has 1 nitrogen and oxygen atoms in total. The fourth-order valence-corrected chi connectivity index (χ4v) is 1.23. The molecule has 0 aliphatic carbocycles. The first-order valence-electron chi connectivity index (χ1n) is 4.19. The first kappa shape index (κ1) is 11.0. The second-order valence-electron chi connectivity index (χ2n) is 2.90. The summed E-state index contributed by atoms with van der Waals surface area (Å²) in [5.41, 5.74) is -0.293. The van der Waals surface area contributed by atoms with Crippen molar-refractivity contribution in [2.45, 2.75) is 12.6 Å². The minimum absolute atomic E-state index is 0.279. The Labute approximate surface area is 80.5 Å². The number of ether oxygens (including phenoxy) is 1. The number of benzene rings is 1. The molecule has 0 saturated heterocycles. The van der Waals surface area contributed by atoms with Crippen LogP contribution in [0.2, 0.25) is 0 Å². The van der Waals surface area contributed by atoms with Crippen molar-refractivity contribution in [2.75, 3.05) is 13.7 Å². The van der Waals surface area contributed by atoms with Crippen molar-refractivity contribution in [3.63, 3.8) is 0 Å². The minimum Gasteiger partial charge on any atom is -0.384 e. The molecule has 0 N–H and O–H groups in total. The van der Waals surface area contributed by atoms with E-state index in [1.807, 2.05) is 0 Å². The van der Waals surface area contributed by atoms with Crippen LogP contribution in [0.15, 0.2) is 24.3 Å². The Hall–Kier alpha value is -1.03. The standard InChI is InChI=1S/C10H11F3O/c1-14-7-6-8-4-2-3-5-9(8)10(11,12)13/h2-5H,6-7H2,1H3. The summed E-state index contributed by atoms with van der Waals surface area (Å²) in [5, 5.41) is 0. The van der Waals surface area contributed by atoms with Crippen LogP contribution < -0.4 is 0 Å². The Bertz CT molecular complexity index is 294. The van der Waals surface area contributed by atoms with Crippen LogP contribution in [0.5, 0.6) is 0 Å². The van der Waals surface area contributed by atoms with E-state index in [0.29, 0.717) is 6.61 Å². The fourth-order valence-electron chi connectivity index (χ4n) is 1.23. The van der Waals surface area contributed by atoms with E-state index >= 15 is 0 Å². The summed E-state index contributed by atoms with van der Waals surface area (Å²) in [5.74, 6) is 0. The van der Waals surface area contributed by atoms with Crippen LogP contribution in [0.25, 0.3) is 0 Å². The third-order valence-corrected chi connectivity index (χ3v) is 1.90. The lowest BCUT2D eigenvalue weighted by Crippen LogP contribution is -2.10. The average molecular weight is 204 g/mol. The summed E-state index contributed by atoms with van der Waals surface area (Å²) < 4.78 is 42.1. The Morgan fingerprint density at radius 2 is 1.86 bits per heavy atom. The molecule has 0 radical (unpaired) electrons. The Morgan fingerprint density at radius 1 is 1.21 bits per heavy atom. The van der Waals surface area contributed by atoms with Gasteiger partial charge in [-0.2, -0.15) is 13.2 Å². The van der Waals surface area contributed by atoms with Crippen LogP contribution in [0, 0.1) is 0 Å². The van der Waals surface area contributed by atoms with E-state index in [-0.39, 0.29) is 12.0 Å². The summed E-state index contributed by atoms with van der Waals surface area (Å²) in [6.45, 7) is 0.299. The summed E-state index contributed by atoms with van der Waals surface area (Å²) in [4.78, 5) is 0. The maximum atomic E-state index is 12.4. The SMILES string of the molecule is COCCc1ccccc1C(F)(F)F. The molecular weight excluding hydrogens is 193 g/mol. The van der Waals surface area contributed by atoms with Gasteiger partial charge in [0.25, 0.3) is 0 Å². The highest BCUT2D eigenvalue weighted by molar-refractivity contribution is 5.29. The Morgan fingerprint density at radius 3 is 2.43 bits per heavy atom. The molecule has 0 saturated carbocycles. The largest absolute Gasteiger partial charge is 0.416 e. The third kappa shape index (κ3) is 2.73. The van der Waals surface area contributed by atoms with Gasteiger partial charge in [0.1, 0.15) is 0 Å². The molecule has 0 bridgehead atoms. The van der Waals surface area contributed by atoms with Crippen LogP contribution in [0.3, 0.4) is 0 Å². The maximum absolute atomic E-state index is 12.4. The van der Waals surface area contributed by atoms with Crippen molar-refractivity contribution in [2.24, 2.45) is 0 Å². The maximum Gasteiger partial charge on any atom is 0.416 e. The Balaban J connectivity index is 2.92. The smallest absolute Gasteiger partial charge is 0.384 e. The van der Waals surface area contributed by atoms with E-state index in [2.05, 4.69) is 0 Å². The molecule has 78 valence electrons. The fraction of sp³-hybridized carbons (Fsp3) is 0.400. The lowest BCUT2D eigenvalue weighted by Gasteiger charge is -2.11. The normalized spacial score (nSPS) is 11.7. The van der Waals surface area contributed by atoms with Crippen LogP contribution in [0.4, 0.5) is 13.2 Å². The average Bonchev–Trinajstić information content (AvgIpc) is 2.14. The molecule has 0 aromatic heterocycles. The zero-order valence-corrected chi connectivity index (χ0v) is 7.77. The summed E-state index contributed by atoms with van der Waals surface area (Å²) in [6, 6.07) is 5.55. The van der Waals surface area contributed by atoms with Gasteiger partial charge in [0, 0.05) is 7.11 Å². The molecule has 1 aromatic rings. The quantitative estimate of drug-likeness (QED) is 0.735. The van der Waals surface area contributed by atoms with Crippen molar-refractivity contribution in [1.82, 2.24) is 0 Å². The lowest BCUT2D eigenvalue weighted by atomic mass is 10.0. The highest BCUT2D eigenvalue weighted by Gasteiger charge is 2.32. The number of hydrogen-bond acceptors (Lipinski definition) is 1. The second-order valence-corrected chi connectivity index (χ2v) is 2.90. The van der Waals surface area contributed by atoms with Crippen LogP contribution in [-0.2, 0) is 17.3 Å². The van der Waals surface area contributed by atoms with Crippen molar-refractivity contribution in [1.29, 1.82) is 0 Å². The van der Waals surface area contributed by atoms with Gasteiger partial charge in [-0.05, 0) is 18.1 Å². The van der Waals surface area contributed by atoms with E-state index in [0.717, 1.165) is 6.07 Å². The molecule has 1 aromatic carbocycles. The van der Waals surface area contributed by atoms with Crippen molar-refractivity contribution < 1.29 is 17.9 Å². The highest BCUT2D eigenvalue weighted by Crippen LogP contribution is 2.31. The van der Waals surface area contributed by atoms with Gasteiger partial charge in [0.15, 0.2) is 0 Å². The molecule has 0 heterocycles. The van der Waals surface area contributed by atoms with E-state index in [1.165, 1.54) is 19.2 Å². The molecule has 0 amide bonds. The van der Waals surface area contributed by atoms with Crippen molar-refractivity contribution in [3.8, 4) is 0 Å².